The van der Waals surface area contributed by atoms with Crippen LogP contribution >= 0.6 is 0 Å². The van der Waals surface area contributed by atoms with E-state index in [0.29, 0.717) is 67.6 Å². The number of piperidine rings is 1. The number of aryl methyl sites for hydroxylation is 1. The van der Waals surface area contributed by atoms with E-state index in [9.17, 15) is 9.59 Å². The number of amides is 1. The summed E-state index contributed by atoms with van der Waals surface area (Å²) in [5, 5.41) is 3.03. The Kier molecular flexibility index (Phi) is 6.76. The van der Waals surface area contributed by atoms with Gasteiger partial charge in [0.2, 0.25) is 5.91 Å². The summed E-state index contributed by atoms with van der Waals surface area (Å²) in [6.45, 7) is 4.08. The lowest BCUT2D eigenvalue weighted by Crippen LogP contribution is -2.43. The molecule has 1 aliphatic rings. The maximum atomic E-state index is 12.8. The van der Waals surface area contributed by atoms with E-state index in [1.165, 1.54) is 4.57 Å². The Balaban J connectivity index is 1.37. The van der Waals surface area contributed by atoms with Crippen LogP contribution < -0.4 is 25.2 Å². The maximum Gasteiger partial charge on any atom is 0.294 e. The van der Waals surface area contributed by atoms with Crippen molar-refractivity contribution in [2.75, 3.05) is 31.7 Å². The predicted molar refractivity (Wildman–Crippen MR) is 126 cm³/mol. The molecule has 0 spiro atoms. The summed E-state index contributed by atoms with van der Waals surface area (Å²) in [5.74, 6) is 1.67. The van der Waals surface area contributed by atoms with E-state index in [4.69, 9.17) is 9.47 Å². The molecule has 3 aromatic rings. The van der Waals surface area contributed by atoms with E-state index in [0.717, 1.165) is 5.56 Å². The molecule has 3 heterocycles. The third kappa shape index (κ3) is 4.76. The normalized spacial score (nSPS) is 14.3. The molecular formula is C24H29N5O4. The van der Waals surface area contributed by atoms with Crippen molar-refractivity contribution in [3.8, 4) is 11.5 Å². The van der Waals surface area contributed by atoms with Crippen LogP contribution in [0.3, 0.4) is 0 Å². The van der Waals surface area contributed by atoms with Gasteiger partial charge in [0.25, 0.3) is 5.56 Å². The number of methoxy groups -OCH3 is 1. The van der Waals surface area contributed by atoms with Gasteiger partial charge in [0, 0.05) is 38.8 Å². The molecule has 2 aromatic heterocycles. The molecule has 1 aromatic carbocycles. The number of hydrogen-bond donors (Lipinski definition) is 1. The highest BCUT2D eigenvalue weighted by Gasteiger charge is 2.27. The second-order valence-corrected chi connectivity index (χ2v) is 8.04. The molecule has 1 N–H and O–H groups in total. The maximum absolute atomic E-state index is 12.8. The Bertz CT molecular complexity index is 1200. The number of aromatic nitrogens is 3. The number of hydrogen-bond acceptors (Lipinski definition) is 7. The molecule has 1 aliphatic heterocycles. The summed E-state index contributed by atoms with van der Waals surface area (Å²) in [6, 6.07) is 9.31. The van der Waals surface area contributed by atoms with Gasteiger partial charge in [-0.3, -0.25) is 14.2 Å². The van der Waals surface area contributed by atoms with Crippen molar-refractivity contribution in [1.29, 1.82) is 0 Å². The number of anilines is 1. The van der Waals surface area contributed by atoms with Crippen LogP contribution in [-0.4, -0.2) is 47.2 Å². The number of carbonyl (C=O) groups is 1. The van der Waals surface area contributed by atoms with Gasteiger partial charge in [0.15, 0.2) is 23.0 Å². The minimum Gasteiger partial charge on any atom is -0.493 e. The van der Waals surface area contributed by atoms with Crippen molar-refractivity contribution in [2.45, 2.75) is 26.3 Å². The molecule has 0 bridgehead atoms. The Morgan fingerprint density at radius 1 is 1.21 bits per heavy atom. The number of pyridine rings is 1. The second-order valence-electron chi connectivity index (χ2n) is 8.04. The minimum absolute atomic E-state index is 0.0204. The number of carbonyl (C=O) groups excluding carboxylic acids is 1. The summed E-state index contributed by atoms with van der Waals surface area (Å²) in [6.07, 6.45) is 2.97. The molecule has 0 atom stereocenters. The van der Waals surface area contributed by atoms with Gasteiger partial charge in [-0.15, -0.1) is 0 Å². The van der Waals surface area contributed by atoms with Crippen LogP contribution in [0, 0.1) is 5.92 Å². The first-order valence-corrected chi connectivity index (χ1v) is 11.2. The number of rotatable bonds is 7. The topological polar surface area (TPSA) is 98.6 Å². The van der Waals surface area contributed by atoms with Crippen LogP contribution in [0.1, 0.15) is 25.3 Å². The van der Waals surface area contributed by atoms with Gasteiger partial charge in [-0.25, -0.2) is 9.97 Å². The van der Waals surface area contributed by atoms with Crippen molar-refractivity contribution in [2.24, 2.45) is 13.0 Å². The number of nitrogens with zero attached hydrogens (tertiary/aromatic N) is 4. The highest BCUT2D eigenvalue weighted by molar-refractivity contribution is 5.79. The molecule has 1 amide bonds. The molecule has 4 rings (SSSR count). The average Bonchev–Trinajstić information content (AvgIpc) is 2.85. The zero-order valence-corrected chi connectivity index (χ0v) is 19.2. The SMILES string of the molecule is CCOc1cc(CNC(=O)C2CCN(c3nc4cccnc4n(C)c3=O)CC2)ccc1OC. The third-order valence-electron chi connectivity index (χ3n) is 5.97. The monoisotopic (exact) mass is 451 g/mol. The first kappa shape index (κ1) is 22.6. The van der Waals surface area contributed by atoms with Gasteiger partial charge >= 0.3 is 0 Å². The molecule has 0 radical (unpaired) electrons. The number of ether oxygens (including phenoxy) is 2. The Hall–Kier alpha value is -3.62. The van der Waals surface area contributed by atoms with Crippen LogP contribution in [0.25, 0.3) is 11.2 Å². The molecule has 9 heteroatoms. The van der Waals surface area contributed by atoms with Crippen molar-refractivity contribution < 1.29 is 14.3 Å². The highest BCUT2D eigenvalue weighted by Crippen LogP contribution is 2.28. The molecule has 0 unspecified atom stereocenters. The predicted octanol–water partition coefficient (Wildman–Crippen LogP) is 2.27. The summed E-state index contributed by atoms with van der Waals surface area (Å²) < 4.78 is 12.4. The fourth-order valence-corrected chi connectivity index (χ4v) is 4.13. The first-order chi connectivity index (χ1) is 16.0. The van der Waals surface area contributed by atoms with Crippen molar-refractivity contribution in [3.05, 3.63) is 52.4 Å². The Morgan fingerprint density at radius 3 is 2.73 bits per heavy atom. The standard InChI is InChI=1S/C24H29N5O4/c1-4-33-20-14-16(7-8-19(20)32-3)15-26-23(30)17-9-12-29(13-10-17)22-24(31)28(2)21-18(27-22)6-5-11-25-21/h5-8,11,14,17H,4,9-10,12-13,15H2,1-3H3,(H,26,30). The van der Waals surface area contributed by atoms with Gasteiger partial charge < -0.3 is 19.7 Å². The Morgan fingerprint density at radius 2 is 2.00 bits per heavy atom. The number of fused-ring (bicyclic) bond motifs is 1. The quantitative estimate of drug-likeness (QED) is 0.588. The van der Waals surface area contributed by atoms with E-state index < -0.39 is 0 Å². The zero-order chi connectivity index (χ0) is 23.4. The first-order valence-electron chi connectivity index (χ1n) is 11.2. The van der Waals surface area contributed by atoms with E-state index in [2.05, 4.69) is 15.3 Å². The van der Waals surface area contributed by atoms with E-state index in [1.807, 2.05) is 36.1 Å². The van der Waals surface area contributed by atoms with Gasteiger partial charge in [-0.05, 0) is 49.6 Å². The van der Waals surface area contributed by atoms with Gasteiger partial charge in [-0.1, -0.05) is 6.07 Å². The van der Waals surface area contributed by atoms with Crippen LogP contribution in [-0.2, 0) is 18.4 Å². The lowest BCUT2D eigenvalue weighted by atomic mass is 9.96. The van der Waals surface area contributed by atoms with Gasteiger partial charge in [-0.2, -0.15) is 0 Å². The summed E-state index contributed by atoms with van der Waals surface area (Å²) in [4.78, 5) is 36.3. The molecule has 1 saturated heterocycles. The highest BCUT2D eigenvalue weighted by atomic mass is 16.5. The molecule has 9 nitrogen and oxygen atoms in total. The number of benzene rings is 1. The largest absolute Gasteiger partial charge is 0.493 e. The Labute approximate surface area is 192 Å². The van der Waals surface area contributed by atoms with Gasteiger partial charge in [0.1, 0.15) is 5.52 Å². The third-order valence-corrected chi connectivity index (χ3v) is 5.97. The van der Waals surface area contributed by atoms with E-state index >= 15 is 0 Å². The van der Waals surface area contributed by atoms with Crippen molar-refractivity contribution in [1.82, 2.24) is 19.9 Å². The lowest BCUT2D eigenvalue weighted by molar-refractivity contribution is -0.125. The molecule has 0 aliphatic carbocycles. The minimum atomic E-state index is -0.172. The molecule has 0 saturated carbocycles. The van der Waals surface area contributed by atoms with Crippen molar-refractivity contribution >= 4 is 22.9 Å². The smallest absolute Gasteiger partial charge is 0.294 e. The summed E-state index contributed by atoms with van der Waals surface area (Å²) in [5.41, 5.74) is 2.02. The lowest BCUT2D eigenvalue weighted by Gasteiger charge is -2.32. The molecule has 1 fully saturated rings. The van der Waals surface area contributed by atoms with Crippen LogP contribution in [0.4, 0.5) is 5.82 Å². The van der Waals surface area contributed by atoms with Crippen LogP contribution in [0.15, 0.2) is 41.3 Å². The van der Waals surface area contributed by atoms with Crippen LogP contribution in [0.2, 0.25) is 0 Å². The van der Waals surface area contributed by atoms with Crippen molar-refractivity contribution in [3.63, 3.8) is 0 Å². The van der Waals surface area contributed by atoms with Crippen LogP contribution in [0.5, 0.6) is 11.5 Å². The van der Waals surface area contributed by atoms with E-state index in [1.54, 1.807) is 26.4 Å². The molecular weight excluding hydrogens is 422 g/mol. The summed E-state index contributed by atoms with van der Waals surface area (Å²) >= 11 is 0. The van der Waals surface area contributed by atoms with E-state index in [-0.39, 0.29) is 17.4 Å². The fourth-order valence-electron chi connectivity index (χ4n) is 4.13. The fraction of sp³-hybridized carbons (Fsp3) is 0.417. The summed E-state index contributed by atoms with van der Waals surface area (Å²) in [7, 11) is 3.31. The van der Waals surface area contributed by atoms with Gasteiger partial charge in [0.05, 0.1) is 13.7 Å². The zero-order valence-electron chi connectivity index (χ0n) is 19.2. The molecule has 33 heavy (non-hydrogen) atoms. The second kappa shape index (κ2) is 9.89. The average molecular weight is 452 g/mol. The molecule has 174 valence electrons. The number of nitrogens with one attached hydrogen (secondary N) is 1.